The van der Waals surface area contributed by atoms with Gasteiger partial charge in [-0.05, 0) is 43.2 Å². The molecule has 0 saturated carbocycles. The zero-order chi connectivity index (χ0) is 22.9. The van der Waals surface area contributed by atoms with Gasteiger partial charge in [-0.25, -0.2) is 8.42 Å². The van der Waals surface area contributed by atoms with Gasteiger partial charge in [-0.15, -0.1) is 0 Å². The second-order valence-electron chi connectivity index (χ2n) is 7.84. The second kappa shape index (κ2) is 8.81. The summed E-state index contributed by atoms with van der Waals surface area (Å²) in [6.07, 6.45) is 1.55. The van der Waals surface area contributed by atoms with Crippen LogP contribution in [0.25, 0.3) is 10.9 Å². The van der Waals surface area contributed by atoms with Crippen LogP contribution in [0.15, 0.2) is 77.8 Å². The number of hydrogen-bond acceptors (Lipinski definition) is 3. The number of halogens is 1. The number of fused-ring (bicyclic) bond motifs is 1. The van der Waals surface area contributed by atoms with Crippen molar-refractivity contribution in [1.82, 2.24) is 4.57 Å². The summed E-state index contributed by atoms with van der Waals surface area (Å²) in [7, 11) is -3.61. The van der Waals surface area contributed by atoms with E-state index in [1.165, 1.54) is 0 Å². The summed E-state index contributed by atoms with van der Waals surface area (Å²) in [6.45, 7) is 3.77. The van der Waals surface area contributed by atoms with E-state index in [0.717, 1.165) is 16.7 Å². The fourth-order valence-electron chi connectivity index (χ4n) is 3.66. The molecular weight excluding hydrogens is 444 g/mol. The van der Waals surface area contributed by atoms with E-state index < -0.39 is 9.84 Å². The Kier molecular flexibility index (Phi) is 6.09. The number of hydrogen-bond donors (Lipinski definition) is 1. The molecule has 0 bridgehead atoms. The number of benzene rings is 3. The third-order valence-electron chi connectivity index (χ3n) is 5.42. The zero-order valence-electron chi connectivity index (χ0n) is 17.8. The average molecular weight is 467 g/mol. The molecule has 0 fully saturated rings. The van der Waals surface area contributed by atoms with Crippen molar-refractivity contribution in [1.29, 1.82) is 0 Å². The predicted octanol–water partition coefficient (Wildman–Crippen LogP) is 5.52. The lowest BCUT2D eigenvalue weighted by molar-refractivity contribution is -0.116. The van der Waals surface area contributed by atoms with Crippen LogP contribution >= 0.6 is 11.6 Å². The Morgan fingerprint density at radius 2 is 1.69 bits per heavy atom. The lowest BCUT2D eigenvalue weighted by Crippen LogP contribution is -2.19. The van der Waals surface area contributed by atoms with E-state index in [9.17, 15) is 13.2 Å². The molecule has 1 heterocycles. The number of para-hydroxylation sites is 1. The molecule has 164 valence electrons. The van der Waals surface area contributed by atoms with Crippen LogP contribution in [-0.2, 0) is 26.9 Å². The minimum absolute atomic E-state index is 0.0213. The molecule has 32 heavy (non-hydrogen) atoms. The van der Waals surface area contributed by atoms with Crippen molar-refractivity contribution in [2.45, 2.75) is 31.0 Å². The van der Waals surface area contributed by atoms with Crippen LogP contribution in [0.2, 0.25) is 5.02 Å². The lowest BCUT2D eigenvalue weighted by atomic mass is 10.2. The van der Waals surface area contributed by atoms with Gasteiger partial charge >= 0.3 is 0 Å². The molecule has 1 N–H and O–H groups in total. The van der Waals surface area contributed by atoms with Crippen molar-refractivity contribution < 1.29 is 13.2 Å². The van der Waals surface area contributed by atoms with Crippen molar-refractivity contribution in [3.63, 3.8) is 0 Å². The molecule has 7 heteroatoms. The number of nitrogens with one attached hydrogen (secondary N) is 1. The molecule has 0 spiro atoms. The van der Waals surface area contributed by atoms with E-state index in [1.807, 2.05) is 50.2 Å². The maximum absolute atomic E-state index is 13.2. The first-order valence-electron chi connectivity index (χ1n) is 10.2. The van der Waals surface area contributed by atoms with E-state index in [4.69, 9.17) is 11.6 Å². The molecule has 0 aliphatic rings. The van der Waals surface area contributed by atoms with Crippen LogP contribution in [-0.4, -0.2) is 18.9 Å². The van der Waals surface area contributed by atoms with Crippen LogP contribution in [0, 0.1) is 13.8 Å². The molecule has 0 saturated heterocycles. The van der Waals surface area contributed by atoms with Gasteiger partial charge in [-0.2, -0.15) is 0 Å². The van der Waals surface area contributed by atoms with Gasteiger partial charge in [0.15, 0.2) is 9.84 Å². The Balaban J connectivity index is 1.64. The van der Waals surface area contributed by atoms with Gasteiger partial charge in [-0.3, -0.25) is 4.79 Å². The molecule has 5 nitrogen and oxygen atoms in total. The third-order valence-corrected chi connectivity index (χ3v) is 7.54. The summed E-state index contributed by atoms with van der Waals surface area (Å²) in [5.41, 5.74) is 3.89. The highest BCUT2D eigenvalue weighted by molar-refractivity contribution is 7.90. The van der Waals surface area contributed by atoms with Crippen LogP contribution < -0.4 is 5.32 Å². The molecule has 0 aliphatic heterocycles. The van der Waals surface area contributed by atoms with Gasteiger partial charge in [0.2, 0.25) is 5.91 Å². The predicted molar refractivity (Wildman–Crippen MR) is 129 cm³/mol. The Bertz CT molecular complexity index is 1410. The Morgan fingerprint density at radius 3 is 2.44 bits per heavy atom. The topological polar surface area (TPSA) is 68.2 Å². The minimum atomic E-state index is -3.61. The van der Waals surface area contributed by atoms with Crippen LogP contribution in [0.1, 0.15) is 16.7 Å². The van der Waals surface area contributed by atoms with Crippen molar-refractivity contribution in [2.75, 3.05) is 5.32 Å². The lowest BCUT2D eigenvalue weighted by Gasteiger charge is -2.10. The zero-order valence-corrected chi connectivity index (χ0v) is 19.4. The first-order chi connectivity index (χ1) is 15.2. The van der Waals surface area contributed by atoms with Gasteiger partial charge in [-0.1, -0.05) is 65.7 Å². The van der Waals surface area contributed by atoms with Crippen molar-refractivity contribution in [2.24, 2.45) is 0 Å². The summed E-state index contributed by atoms with van der Waals surface area (Å²) in [5, 5.41) is 4.04. The maximum Gasteiger partial charge on any atom is 0.244 e. The molecule has 0 aliphatic carbocycles. The Hall–Kier alpha value is -3.09. The maximum atomic E-state index is 13.2. The minimum Gasteiger partial charge on any atom is -0.337 e. The molecule has 3 aromatic carbocycles. The van der Waals surface area contributed by atoms with Crippen molar-refractivity contribution in [3.8, 4) is 0 Å². The summed E-state index contributed by atoms with van der Waals surface area (Å²) >= 11 is 6.14. The molecule has 4 aromatic rings. The van der Waals surface area contributed by atoms with Crippen molar-refractivity contribution in [3.05, 3.63) is 94.6 Å². The number of carbonyl (C=O) groups is 1. The van der Waals surface area contributed by atoms with Crippen LogP contribution in [0.4, 0.5) is 5.69 Å². The van der Waals surface area contributed by atoms with Gasteiger partial charge in [0.1, 0.15) is 6.54 Å². The van der Waals surface area contributed by atoms with E-state index in [2.05, 4.69) is 5.32 Å². The number of nitrogens with zero attached hydrogens (tertiary/aromatic N) is 1. The van der Waals surface area contributed by atoms with Crippen LogP contribution in [0.5, 0.6) is 0 Å². The van der Waals surface area contributed by atoms with Crippen LogP contribution in [0.3, 0.4) is 0 Å². The standard InChI is InChI=1S/C25H23ClN2O3S/c1-17-10-12-19(13-11-17)16-32(30,31)24-14-28(23-9-4-3-6-20(23)24)15-25(29)27-22-8-5-7-21(26)18(22)2/h3-14H,15-16H2,1-2H3,(H,27,29). The highest BCUT2D eigenvalue weighted by atomic mass is 35.5. The molecule has 0 atom stereocenters. The number of carbonyl (C=O) groups excluding carboxylic acids is 1. The van der Waals surface area contributed by atoms with Gasteiger partial charge in [0.25, 0.3) is 0 Å². The van der Waals surface area contributed by atoms with E-state index in [0.29, 0.717) is 21.6 Å². The van der Waals surface area contributed by atoms with Gasteiger partial charge in [0.05, 0.1) is 10.6 Å². The van der Waals surface area contributed by atoms with E-state index in [-0.39, 0.29) is 23.1 Å². The SMILES string of the molecule is Cc1ccc(CS(=O)(=O)c2cn(CC(=O)Nc3cccc(Cl)c3C)c3ccccc23)cc1. The first-order valence-corrected chi connectivity index (χ1v) is 12.2. The van der Waals surface area contributed by atoms with E-state index in [1.54, 1.807) is 41.1 Å². The summed E-state index contributed by atoms with van der Waals surface area (Å²) in [6, 6.07) is 20.0. The molecule has 4 rings (SSSR count). The monoisotopic (exact) mass is 466 g/mol. The molecule has 1 aromatic heterocycles. The number of amides is 1. The largest absolute Gasteiger partial charge is 0.337 e. The quantitative estimate of drug-likeness (QED) is 0.406. The summed E-state index contributed by atoms with van der Waals surface area (Å²) in [5.74, 6) is -0.367. The highest BCUT2D eigenvalue weighted by Crippen LogP contribution is 2.29. The summed E-state index contributed by atoms with van der Waals surface area (Å²) < 4.78 is 28.2. The summed E-state index contributed by atoms with van der Waals surface area (Å²) in [4.78, 5) is 13.0. The number of aryl methyl sites for hydroxylation is 1. The number of rotatable bonds is 6. The number of anilines is 1. The molecule has 0 unspecified atom stereocenters. The third kappa shape index (κ3) is 4.56. The highest BCUT2D eigenvalue weighted by Gasteiger charge is 2.22. The fourth-order valence-corrected chi connectivity index (χ4v) is 5.42. The second-order valence-corrected chi connectivity index (χ2v) is 10.2. The fraction of sp³-hybridized carbons (Fsp3) is 0.160. The Labute approximate surface area is 192 Å². The molecule has 1 amide bonds. The first kappa shape index (κ1) is 22.1. The molecular formula is C25H23ClN2O3S. The number of aromatic nitrogens is 1. The number of sulfone groups is 1. The van der Waals surface area contributed by atoms with Gasteiger partial charge < -0.3 is 9.88 Å². The Morgan fingerprint density at radius 1 is 0.969 bits per heavy atom. The smallest absolute Gasteiger partial charge is 0.244 e. The average Bonchev–Trinajstić information content (AvgIpc) is 3.12. The van der Waals surface area contributed by atoms with E-state index >= 15 is 0 Å². The molecule has 0 radical (unpaired) electrons. The van der Waals surface area contributed by atoms with Gasteiger partial charge in [0, 0.05) is 27.8 Å². The normalized spacial score (nSPS) is 11.6. The van der Waals surface area contributed by atoms with Crippen molar-refractivity contribution >= 4 is 43.9 Å².